The van der Waals surface area contributed by atoms with Crippen molar-refractivity contribution in [2.75, 3.05) is 11.6 Å². The Kier molecular flexibility index (Phi) is 5.31. The first kappa shape index (κ1) is 17.7. The number of rotatable bonds is 2. The van der Waals surface area contributed by atoms with Crippen LogP contribution in [0.3, 0.4) is 0 Å². The lowest BCUT2D eigenvalue weighted by Gasteiger charge is -2.30. The van der Waals surface area contributed by atoms with Crippen molar-refractivity contribution in [2.24, 2.45) is 5.84 Å². The highest BCUT2D eigenvalue weighted by Crippen LogP contribution is 2.24. The molecule has 1 aliphatic rings. The highest BCUT2D eigenvalue weighted by molar-refractivity contribution is 9.10. The molecule has 1 saturated heterocycles. The third kappa shape index (κ3) is 4.45. The van der Waals surface area contributed by atoms with Crippen LogP contribution < -0.4 is 10.9 Å². The highest BCUT2D eigenvalue weighted by atomic mass is 79.9. The maximum Gasteiger partial charge on any atom is 0.410 e. The summed E-state index contributed by atoms with van der Waals surface area (Å²) in [6, 6.07) is 6.56. The molecule has 0 saturated carbocycles. The molecule has 1 heterocycles. The Hall–Kier alpha value is -1.60. The van der Waals surface area contributed by atoms with Crippen molar-refractivity contribution in [3.63, 3.8) is 0 Å². The number of amides is 2. The number of nitrogens with zero attached hydrogens (tertiary/aromatic N) is 2. The quantitative estimate of drug-likeness (QED) is 0.483. The van der Waals surface area contributed by atoms with Gasteiger partial charge in [-0.25, -0.2) is 15.6 Å². The summed E-state index contributed by atoms with van der Waals surface area (Å²) < 4.78 is 6.20. The molecule has 1 fully saturated rings. The Morgan fingerprint density at radius 2 is 2.09 bits per heavy atom. The Labute approximate surface area is 144 Å². The van der Waals surface area contributed by atoms with Gasteiger partial charge >= 0.3 is 6.09 Å². The van der Waals surface area contributed by atoms with Crippen molar-refractivity contribution in [2.45, 2.75) is 45.3 Å². The van der Waals surface area contributed by atoms with Gasteiger partial charge in [0.05, 0.1) is 5.69 Å². The molecule has 1 atom stereocenters. The Bertz CT molecular complexity index is 600. The van der Waals surface area contributed by atoms with E-state index in [-0.39, 0.29) is 5.91 Å². The molecule has 126 valence electrons. The monoisotopic (exact) mass is 383 g/mol. The van der Waals surface area contributed by atoms with Crippen LogP contribution in [0.5, 0.6) is 0 Å². The van der Waals surface area contributed by atoms with Gasteiger partial charge in [-0.2, -0.15) is 0 Å². The maximum atomic E-state index is 12.7. The molecule has 6 nitrogen and oxygen atoms in total. The first-order chi connectivity index (χ1) is 10.7. The van der Waals surface area contributed by atoms with E-state index in [1.807, 2.05) is 6.07 Å². The average molecular weight is 384 g/mol. The van der Waals surface area contributed by atoms with Crippen LogP contribution in [0.2, 0.25) is 0 Å². The third-order valence-corrected chi connectivity index (χ3v) is 3.98. The lowest BCUT2D eigenvalue weighted by molar-refractivity contribution is -0.123. The molecule has 1 aliphatic heterocycles. The number of benzene rings is 1. The van der Waals surface area contributed by atoms with Crippen LogP contribution in [0.4, 0.5) is 10.5 Å². The molecule has 2 rings (SSSR count). The second kappa shape index (κ2) is 6.88. The summed E-state index contributed by atoms with van der Waals surface area (Å²) in [6.45, 7) is 5.90. The van der Waals surface area contributed by atoms with E-state index < -0.39 is 17.7 Å². The predicted molar refractivity (Wildman–Crippen MR) is 91.8 cm³/mol. The van der Waals surface area contributed by atoms with Gasteiger partial charge < -0.3 is 4.74 Å². The summed E-state index contributed by atoms with van der Waals surface area (Å²) in [5.74, 6) is 5.65. The van der Waals surface area contributed by atoms with Crippen molar-refractivity contribution >= 4 is 33.6 Å². The summed E-state index contributed by atoms with van der Waals surface area (Å²) >= 11 is 3.35. The van der Waals surface area contributed by atoms with E-state index in [1.54, 1.807) is 39.0 Å². The fourth-order valence-corrected chi connectivity index (χ4v) is 2.86. The fraction of sp³-hybridized carbons (Fsp3) is 0.500. The van der Waals surface area contributed by atoms with E-state index >= 15 is 0 Å². The molecule has 0 radical (unpaired) electrons. The zero-order valence-electron chi connectivity index (χ0n) is 13.6. The van der Waals surface area contributed by atoms with Crippen molar-refractivity contribution in [3.05, 3.63) is 28.7 Å². The fourth-order valence-electron chi connectivity index (χ4n) is 2.48. The Balaban J connectivity index is 2.12. The average Bonchev–Trinajstić information content (AvgIpc) is 2.93. The van der Waals surface area contributed by atoms with E-state index in [2.05, 4.69) is 15.9 Å². The molecule has 0 spiro atoms. The minimum Gasteiger partial charge on any atom is -0.444 e. The van der Waals surface area contributed by atoms with Gasteiger partial charge in [0.25, 0.3) is 5.91 Å². The van der Waals surface area contributed by atoms with Crippen LogP contribution in [-0.4, -0.2) is 35.1 Å². The molecular weight excluding hydrogens is 362 g/mol. The number of anilines is 1. The first-order valence-electron chi connectivity index (χ1n) is 7.53. The molecule has 0 aliphatic carbocycles. The van der Waals surface area contributed by atoms with E-state index in [9.17, 15) is 9.59 Å². The number of ether oxygens (including phenoxy) is 1. The summed E-state index contributed by atoms with van der Waals surface area (Å²) in [7, 11) is 0. The normalized spacial score (nSPS) is 18.0. The number of likely N-dealkylation sites (tertiary alicyclic amines) is 1. The molecule has 0 bridgehead atoms. The van der Waals surface area contributed by atoms with Gasteiger partial charge in [-0.1, -0.05) is 22.0 Å². The zero-order valence-corrected chi connectivity index (χ0v) is 15.2. The minimum atomic E-state index is -0.597. The standard InChI is InChI=1S/C16H22BrN3O3/c1-16(2,3)23-15(22)19-9-5-8-13(19)14(21)20(18)12-7-4-6-11(17)10-12/h4,6-7,10,13H,5,8-9,18H2,1-3H3. The van der Waals surface area contributed by atoms with Gasteiger partial charge in [0.1, 0.15) is 11.6 Å². The molecule has 23 heavy (non-hydrogen) atoms. The van der Waals surface area contributed by atoms with E-state index in [1.165, 1.54) is 4.90 Å². The van der Waals surface area contributed by atoms with Crippen LogP contribution in [0.15, 0.2) is 28.7 Å². The second-order valence-electron chi connectivity index (χ2n) is 6.52. The van der Waals surface area contributed by atoms with E-state index in [0.29, 0.717) is 18.7 Å². The van der Waals surface area contributed by atoms with Crippen molar-refractivity contribution in [1.82, 2.24) is 4.90 Å². The van der Waals surface area contributed by atoms with Crippen LogP contribution in [0.1, 0.15) is 33.6 Å². The number of carbonyl (C=O) groups excluding carboxylic acids is 2. The van der Waals surface area contributed by atoms with Gasteiger partial charge in [-0.15, -0.1) is 0 Å². The van der Waals surface area contributed by atoms with Gasteiger partial charge in [-0.3, -0.25) is 9.69 Å². The second-order valence-corrected chi connectivity index (χ2v) is 7.44. The van der Waals surface area contributed by atoms with Crippen molar-refractivity contribution in [1.29, 1.82) is 0 Å². The summed E-state index contributed by atoms with van der Waals surface area (Å²) in [5.41, 5.74) is -0.0274. The van der Waals surface area contributed by atoms with Crippen LogP contribution >= 0.6 is 15.9 Å². The predicted octanol–water partition coefficient (Wildman–Crippen LogP) is 3.06. The van der Waals surface area contributed by atoms with E-state index in [0.717, 1.165) is 15.9 Å². The van der Waals surface area contributed by atoms with Gasteiger partial charge in [0.2, 0.25) is 0 Å². The molecule has 2 N–H and O–H groups in total. The number of hydrogen-bond donors (Lipinski definition) is 1. The minimum absolute atomic E-state index is 0.313. The topological polar surface area (TPSA) is 75.9 Å². The molecule has 7 heteroatoms. The van der Waals surface area contributed by atoms with Crippen molar-refractivity contribution in [3.8, 4) is 0 Å². The Morgan fingerprint density at radius 1 is 1.39 bits per heavy atom. The maximum absolute atomic E-state index is 12.7. The number of nitrogens with two attached hydrogens (primary N) is 1. The summed E-state index contributed by atoms with van der Waals surface area (Å²) in [4.78, 5) is 26.4. The van der Waals surface area contributed by atoms with Crippen LogP contribution in [-0.2, 0) is 9.53 Å². The summed E-state index contributed by atoms with van der Waals surface area (Å²) in [5, 5.41) is 1.10. The van der Waals surface area contributed by atoms with Crippen LogP contribution in [0.25, 0.3) is 0 Å². The zero-order chi connectivity index (χ0) is 17.2. The molecule has 2 amide bonds. The number of hydrazine groups is 1. The smallest absolute Gasteiger partial charge is 0.410 e. The highest BCUT2D eigenvalue weighted by Gasteiger charge is 2.38. The van der Waals surface area contributed by atoms with E-state index in [4.69, 9.17) is 10.6 Å². The van der Waals surface area contributed by atoms with Crippen LogP contribution in [0, 0.1) is 0 Å². The largest absolute Gasteiger partial charge is 0.444 e. The third-order valence-electron chi connectivity index (χ3n) is 3.49. The van der Waals surface area contributed by atoms with Crippen molar-refractivity contribution < 1.29 is 14.3 Å². The van der Waals surface area contributed by atoms with Gasteiger partial charge in [0, 0.05) is 11.0 Å². The Morgan fingerprint density at radius 3 is 2.70 bits per heavy atom. The SMILES string of the molecule is CC(C)(C)OC(=O)N1CCCC1C(=O)N(N)c1cccc(Br)c1. The summed E-state index contributed by atoms with van der Waals surface area (Å²) in [6.07, 6.45) is 0.859. The number of carbonyl (C=O) groups is 2. The number of halogens is 1. The molecule has 1 aromatic carbocycles. The first-order valence-corrected chi connectivity index (χ1v) is 8.32. The lowest BCUT2D eigenvalue weighted by Crippen LogP contribution is -2.51. The van der Waals surface area contributed by atoms with Gasteiger partial charge in [-0.05, 0) is 51.8 Å². The molecular formula is C16H22BrN3O3. The molecule has 0 aromatic heterocycles. The number of hydrogen-bond acceptors (Lipinski definition) is 4. The lowest BCUT2D eigenvalue weighted by atomic mass is 10.2. The molecule has 1 aromatic rings. The molecule has 1 unspecified atom stereocenters. The van der Waals surface area contributed by atoms with Gasteiger partial charge in [0.15, 0.2) is 0 Å².